The fraction of sp³-hybridized carbons (Fsp3) is 0.500. The van der Waals surface area contributed by atoms with E-state index in [9.17, 15) is 4.79 Å². The zero-order valence-corrected chi connectivity index (χ0v) is 13.5. The maximum atomic E-state index is 9.24. The van der Waals surface area contributed by atoms with Crippen LogP contribution in [0.4, 0.5) is 0 Å². The molecule has 0 aromatic heterocycles. The standard InChI is InChI=1S/C2H5NO2.Al.5ClH.Zr/c3-1-2(4)5;;;;;;;/h1,3H2,(H,4,5);;5*1H;/q;+3;;;;;;+2. The predicted octanol–water partition coefficient (Wildman–Crippen LogP) is 0.755. The Labute approximate surface area is 132 Å². The van der Waals surface area contributed by atoms with Gasteiger partial charge in [0.2, 0.25) is 0 Å². The van der Waals surface area contributed by atoms with E-state index < -0.39 is 5.97 Å². The van der Waals surface area contributed by atoms with E-state index in [-0.39, 0.29) is 112 Å². The number of hydrogen-bond acceptors (Lipinski definition) is 2. The Morgan fingerprint density at radius 2 is 1.17 bits per heavy atom. The van der Waals surface area contributed by atoms with Crippen LogP contribution in [-0.2, 0) is 31.0 Å². The van der Waals surface area contributed by atoms with Crippen molar-refractivity contribution in [1.29, 1.82) is 0 Å². The molecule has 0 saturated heterocycles. The molecular weight excluding hydrogens is 365 g/mol. The fourth-order valence-corrected chi connectivity index (χ4v) is 0. The summed E-state index contributed by atoms with van der Waals surface area (Å²) in [6.45, 7) is -0.278. The Bertz CT molecular complexity index is 62.7. The van der Waals surface area contributed by atoms with Crippen molar-refractivity contribution in [3.63, 3.8) is 0 Å². The minimum absolute atomic E-state index is 0. The Morgan fingerprint density at radius 3 is 1.17 bits per heavy atom. The molecule has 0 radical (unpaired) electrons. The van der Waals surface area contributed by atoms with E-state index in [1.165, 1.54) is 0 Å². The number of rotatable bonds is 1. The molecule has 0 saturated carbocycles. The van der Waals surface area contributed by atoms with Crippen molar-refractivity contribution >= 4 is 85.4 Å². The molecule has 0 rings (SSSR count). The summed E-state index contributed by atoms with van der Waals surface area (Å²) in [5.41, 5.74) is 4.57. The van der Waals surface area contributed by atoms with Crippen molar-refractivity contribution in [3.8, 4) is 0 Å². The maximum Gasteiger partial charge on any atom is 3.00 e. The van der Waals surface area contributed by atoms with E-state index >= 15 is 0 Å². The number of halogens is 5. The van der Waals surface area contributed by atoms with Crippen LogP contribution in [0.5, 0.6) is 0 Å². The maximum absolute atomic E-state index is 9.24. The third-order valence-corrected chi connectivity index (χ3v) is 0.175. The first kappa shape index (κ1) is 63.8. The number of carbonyl (C=O) groups is 1. The van der Waals surface area contributed by atoms with E-state index in [0.717, 1.165) is 0 Å². The molecule has 0 aromatic carbocycles. The summed E-state index contributed by atoms with van der Waals surface area (Å²) in [7, 11) is 0. The molecule has 0 unspecified atom stereocenters. The van der Waals surface area contributed by atoms with Gasteiger partial charge in [0.15, 0.2) is 0 Å². The molecule has 3 nitrogen and oxygen atoms in total. The SMILES string of the molecule is Cl.Cl.Cl.Cl.Cl.NCC(=O)O.[Al+3].[Zr+2]. The van der Waals surface area contributed by atoms with Gasteiger partial charge in [-0.1, -0.05) is 0 Å². The van der Waals surface area contributed by atoms with Gasteiger partial charge in [-0.25, -0.2) is 0 Å². The first-order valence-corrected chi connectivity index (χ1v) is 1.19. The molecule has 10 heteroatoms. The summed E-state index contributed by atoms with van der Waals surface area (Å²) >= 11 is 0. The normalized spacial score (nSPS) is 3.08. The average molecular weight is 376 g/mol. The van der Waals surface area contributed by atoms with Crippen molar-refractivity contribution < 1.29 is 36.1 Å². The van der Waals surface area contributed by atoms with Crippen molar-refractivity contribution in [2.75, 3.05) is 6.54 Å². The van der Waals surface area contributed by atoms with Gasteiger partial charge in [0.25, 0.3) is 0 Å². The van der Waals surface area contributed by atoms with Crippen LogP contribution in [-0.4, -0.2) is 35.0 Å². The van der Waals surface area contributed by atoms with Crippen molar-refractivity contribution in [3.05, 3.63) is 0 Å². The minimum Gasteiger partial charge on any atom is -0.480 e. The number of hydrogen-bond donors (Lipinski definition) is 2. The Kier molecular flexibility index (Phi) is 269. The first-order chi connectivity index (χ1) is 2.27. The second-order valence-electron chi connectivity index (χ2n) is 0.598. The van der Waals surface area contributed by atoms with Crippen LogP contribution in [0.25, 0.3) is 0 Å². The molecule has 0 aliphatic rings. The van der Waals surface area contributed by atoms with Gasteiger partial charge in [-0.15, -0.1) is 62.0 Å². The van der Waals surface area contributed by atoms with Gasteiger partial charge in [0, 0.05) is 0 Å². The molecule has 0 amide bonds. The third-order valence-electron chi connectivity index (χ3n) is 0.175. The molecule has 0 bridgehead atoms. The van der Waals surface area contributed by atoms with Gasteiger partial charge >= 0.3 is 49.5 Å². The topological polar surface area (TPSA) is 63.3 Å². The number of aliphatic carboxylic acids is 1. The van der Waals surface area contributed by atoms with Crippen LogP contribution in [0.15, 0.2) is 0 Å². The van der Waals surface area contributed by atoms with E-state index in [1.54, 1.807) is 0 Å². The molecule has 3 N–H and O–H groups in total. The quantitative estimate of drug-likeness (QED) is 0.665. The monoisotopic (exact) mass is 372 g/mol. The summed E-state index contributed by atoms with van der Waals surface area (Å²) < 4.78 is 0. The van der Waals surface area contributed by atoms with Crippen LogP contribution < -0.4 is 5.73 Å². The average Bonchev–Trinajstić information content (AvgIpc) is 1.38. The van der Waals surface area contributed by atoms with E-state index in [4.69, 9.17) is 5.11 Å². The number of carboxylic acid groups (broad SMARTS) is 1. The van der Waals surface area contributed by atoms with E-state index in [2.05, 4.69) is 5.73 Å². The zero-order valence-electron chi connectivity index (χ0n) is 5.76. The molecule has 0 aliphatic heterocycles. The summed E-state index contributed by atoms with van der Waals surface area (Å²) in [5.74, 6) is -0.968. The molecule has 0 aromatic rings. The Morgan fingerprint density at radius 1 is 1.08 bits per heavy atom. The van der Waals surface area contributed by atoms with Crippen LogP contribution in [0.2, 0.25) is 0 Å². The minimum atomic E-state index is -0.968. The van der Waals surface area contributed by atoms with Crippen LogP contribution in [0.1, 0.15) is 0 Å². The smallest absolute Gasteiger partial charge is 0.480 e. The summed E-state index contributed by atoms with van der Waals surface area (Å²) in [6, 6.07) is 0. The van der Waals surface area contributed by atoms with E-state index in [0.29, 0.717) is 0 Å². The molecule has 12 heavy (non-hydrogen) atoms. The van der Waals surface area contributed by atoms with Crippen molar-refractivity contribution in [1.82, 2.24) is 0 Å². The van der Waals surface area contributed by atoms with Gasteiger partial charge in [0.1, 0.15) is 0 Å². The molecule has 0 fully saturated rings. The van der Waals surface area contributed by atoms with Crippen molar-refractivity contribution in [2.24, 2.45) is 5.73 Å². The summed E-state index contributed by atoms with van der Waals surface area (Å²) in [4.78, 5) is 9.24. The molecular formula is C2H10AlCl5NO2Zr+5. The molecule has 0 atom stereocenters. The second-order valence-corrected chi connectivity index (χ2v) is 0.598. The van der Waals surface area contributed by atoms with Gasteiger partial charge < -0.3 is 10.8 Å². The van der Waals surface area contributed by atoms with Gasteiger partial charge in [-0.05, 0) is 0 Å². The van der Waals surface area contributed by atoms with Gasteiger partial charge in [0.05, 0.1) is 6.54 Å². The van der Waals surface area contributed by atoms with Gasteiger partial charge in [-0.3, -0.25) is 4.79 Å². The second kappa shape index (κ2) is 50.7. The van der Waals surface area contributed by atoms with Crippen molar-refractivity contribution in [2.45, 2.75) is 0 Å². The fourth-order valence-electron chi connectivity index (χ4n) is 0. The van der Waals surface area contributed by atoms with Gasteiger partial charge in [-0.2, -0.15) is 0 Å². The third kappa shape index (κ3) is 85.0. The van der Waals surface area contributed by atoms with Crippen LogP contribution in [0.3, 0.4) is 0 Å². The van der Waals surface area contributed by atoms with Crippen LogP contribution >= 0.6 is 62.0 Å². The summed E-state index contributed by atoms with van der Waals surface area (Å²) in [5, 5.41) is 7.60. The number of nitrogens with two attached hydrogens (primary N) is 1. The molecule has 72 valence electrons. The van der Waals surface area contributed by atoms with Crippen LogP contribution in [0, 0.1) is 0 Å². The largest absolute Gasteiger partial charge is 3.00 e. The van der Waals surface area contributed by atoms with E-state index in [1.807, 2.05) is 0 Å². The molecule has 0 spiro atoms. The number of carboxylic acids is 1. The predicted molar refractivity (Wildman–Crippen MR) is 58.7 cm³/mol. The first-order valence-electron chi connectivity index (χ1n) is 1.19. The Balaban J connectivity index is -0.00000000381. The zero-order chi connectivity index (χ0) is 4.28. The summed E-state index contributed by atoms with van der Waals surface area (Å²) in [6.07, 6.45) is 0. The molecule has 0 heterocycles. The molecule has 0 aliphatic carbocycles. The Hall–Kier alpha value is 2.30.